The summed E-state index contributed by atoms with van der Waals surface area (Å²) < 4.78 is 5.14. The molecule has 3 atom stereocenters. The van der Waals surface area contributed by atoms with Crippen LogP contribution in [0.3, 0.4) is 0 Å². The molecule has 0 spiro atoms. The molecule has 1 saturated carbocycles. The lowest BCUT2D eigenvalue weighted by molar-refractivity contribution is 0.121. The molecule has 0 aromatic rings. The van der Waals surface area contributed by atoms with E-state index in [0.717, 1.165) is 64.0 Å². The Morgan fingerprint density at radius 2 is 2.00 bits per heavy atom. The van der Waals surface area contributed by atoms with Gasteiger partial charge in [-0.25, -0.2) is 4.79 Å². The van der Waals surface area contributed by atoms with Crippen molar-refractivity contribution < 1.29 is 9.53 Å². The van der Waals surface area contributed by atoms with Crippen LogP contribution in [0.15, 0.2) is 0 Å². The van der Waals surface area contributed by atoms with Crippen molar-refractivity contribution >= 4 is 6.03 Å². The number of hydrogen-bond acceptors (Lipinski definition) is 3. The summed E-state index contributed by atoms with van der Waals surface area (Å²) in [5.41, 5.74) is 0.471. The first-order chi connectivity index (χ1) is 10.0. The van der Waals surface area contributed by atoms with Crippen LogP contribution in [0.2, 0.25) is 0 Å². The molecule has 21 heavy (non-hydrogen) atoms. The van der Waals surface area contributed by atoms with E-state index in [9.17, 15) is 4.79 Å². The number of urea groups is 1. The smallest absolute Gasteiger partial charge is 0.317 e. The summed E-state index contributed by atoms with van der Waals surface area (Å²) in [5.74, 6) is 1.46. The number of carbonyl (C=O) groups excluding carboxylic acids is 1. The average Bonchev–Trinajstić information content (AvgIpc) is 2.82. The summed E-state index contributed by atoms with van der Waals surface area (Å²) in [7, 11) is 1.74. The Kier molecular flexibility index (Phi) is 4.14. The minimum Gasteiger partial charge on any atom is -0.383 e. The standard InChI is InChI=1S/C16H29N3O2/c1-16(2)13-10-19(11-14(13)16)15(20)17-12-5-4-6-18(9-12)7-8-21-3/h12-14H,4-11H2,1-3H3,(H,17,20)/t12-,13+,14+/m0/s1. The molecule has 0 aromatic carbocycles. The molecule has 3 fully saturated rings. The number of rotatable bonds is 4. The van der Waals surface area contributed by atoms with Crippen molar-refractivity contribution in [2.24, 2.45) is 17.3 Å². The van der Waals surface area contributed by atoms with E-state index in [0.29, 0.717) is 11.5 Å². The van der Waals surface area contributed by atoms with Gasteiger partial charge in [0.25, 0.3) is 0 Å². The number of amides is 2. The summed E-state index contributed by atoms with van der Waals surface area (Å²) in [4.78, 5) is 16.8. The molecule has 0 aromatic heterocycles. The quantitative estimate of drug-likeness (QED) is 0.852. The Bertz CT molecular complexity index is 385. The van der Waals surface area contributed by atoms with Crippen molar-refractivity contribution in [1.29, 1.82) is 0 Å². The number of piperidine rings is 2. The Labute approximate surface area is 128 Å². The lowest BCUT2D eigenvalue weighted by Crippen LogP contribution is -2.52. The van der Waals surface area contributed by atoms with Gasteiger partial charge in [0.05, 0.1) is 6.61 Å². The van der Waals surface area contributed by atoms with Crippen LogP contribution in [0.25, 0.3) is 0 Å². The van der Waals surface area contributed by atoms with Gasteiger partial charge in [-0.3, -0.25) is 4.90 Å². The molecule has 0 unspecified atom stereocenters. The Morgan fingerprint density at radius 1 is 1.29 bits per heavy atom. The molecule has 0 radical (unpaired) electrons. The maximum absolute atomic E-state index is 12.4. The fraction of sp³-hybridized carbons (Fsp3) is 0.938. The molecule has 5 nitrogen and oxygen atoms in total. The van der Waals surface area contributed by atoms with Crippen LogP contribution in [0.4, 0.5) is 4.79 Å². The molecule has 3 rings (SSSR count). The molecule has 2 amide bonds. The predicted octanol–water partition coefficient (Wildman–Crippen LogP) is 1.39. The third-order valence-corrected chi connectivity index (χ3v) is 5.85. The van der Waals surface area contributed by atoms with E-state index in [1.807, 2.05) is 4.90 Å². The monoisotopic (exact) mass is 295 g/mol. The average molecular weight is 295 g/mol. The van der Waals surface area contributed by atoms with Crippen molar-refractivity contribution in [1.82, 2.24) is 15.1 Å². The van der Waals surface area contributed by atoms with Gasteiger partial charge in [-0.1, -0.05) is 13.8 Å². The summed E-state index contributed by atoms with van der Waals surface area (Å²) >= 11 is 0. The highest BCUT2D eigenvalue weighted by atomic mass is 16.5. The molecule has 1 aliphatic carbocycles. The maximum atomic E-state index is 12.4. The van der Waals surface area contributed by atoms with Crippen molar-refractivity contribution in [2.45, 2.75) is 32.7 Å². The third-order valence-electron chi connectivity index (χ3n) is 5.85. The lowest BCUT2D eigenvalue weighted by Gasteiger charge is -2.34. The van der Waals surface area contributed by atoms with Gasteiger partial charge in [0.1, 0.15) is 0 Å². The number of hydrogen-bond donors (Lipinski definition) is 1. The second-order valence-corrected chi connectivity index (χ2v) is 7.52. The van der Waals surface area contributed by atoms with E-state index >= 15 is 0 Å². The summed E-state index contributed by atoms with van der Waals surface area (Å²) in [5, 5.41) is 3.24. The largest absolute Gasteiger partial charge is 0.383 e. The first-order valence-electron chi connectivity index (χ1n) is 8.29. The van der Waals surface area contributed by atoms with Crippen LogP contribution in [0.5, 0.6) is 0 Å². The highest BCUT2D eigenvalue weighted by molar-refractivity contribution is 5.75. The van der Waals surface area contributed by atoms with Crippen molar-refractivity contribution in [3.05, 3.63) is 0 Å². The number of fused-ring (bicyclic) bond motifs is 1. The van der Waals surface area contributed by atoms with Gasteiger partial charge in [-0.15, -0.1) is 0 Å². The molecular formula is C16H29N3O2. The molecule has 0 bridgehead atoms. The van der Waals surface area contributed by atoms with Crippen LogP contribution in [-0.4, -0.2) is 68.3 Å². The van der Waals surface area contributed by atoms with Gasteiger partial charge in [-0.2, -0.15) is 0 Å². The number of carbonyl (C=O) groups is 1. The van der Waals surface area contributed by atoms with Crippen LogP contribution in [0.1, 0.15) is 26.7 Å². The second kappa shape index (κ2) is 5.76. The van der Waals surface area contributed by atoms with E-state index in [-0.39, 0.29) is 6.03 Å². The van der Waals surface area contributed by atoms with Crippen molar-refractivity contribution in [3.8, 4) is 0 Å². The highest BCUT2D eigenvalue weighted by Crippen LogP contribution is 2.61. The number of methoxy groups -OCH3 is 1. The van der Waals surface area contributed by atoms with Crippen molar-refractivity contribution in [3.63, 3.8) is 0 Å². The molecule has 2 heterocycles. The van der Waals surface area contributed by atoms with Crippen LogP contribution < -0.4 is 5.32 Å². The Morgan fingerprint density at radius 3 is 2.67 bits per heavy atom. The summed E-state index contributed by atoms with van der Waals surface area (Å²) in [6, 6.07) is 0.449. The third kappa shape index (κ3) is 3.04. The van der Waals surface area contributed by atoms with Crippen LogP contribution in [0, 0.1) is 17.3 Å². The zero-order valence-corrected chi connectivity index (χ0v) is 13.6. The first kappa shape index (κ1) is 15.1. The molecule has 3 aliphatic rings. The van der Waals surface area contributed by atoms with Gasteiger partial charge in [0, 0.05) is 39.3 Å². The molecular weight excluding hydrogens is 266 g/mol. The van der Waals surface area contributed by atoms with Crippen LogP contribution in [-0.2, 0) is 4.74 Å². The normalized spacial score (nSPS) is 34.6. The highest BCUT2D eigenvalue weighted by Gasteiger charge is 2.62. The van der Waals surface area contributed by atoms with E-state index in [1.54, 1.807) is 7.11 Å². The summed E-state index contributed by atoms with van der Waals surface area (Å²) in [6.45, 7) is 10.4. The Balaban J connectivity index is 1.43. The van der Waals surface area contributed by atoms with E-state index in [2.05, 4.69) is 24.1 Å². The number of ether oxygens (including phenoxy) is 1. The number of likely N-dealkylation sites (tertiary alicyclic amines) is 2. The van der Waals surface area contributed by atoms with Gasteiger partial charge >= 0.3 is 6.03 Å². The van der Waals surface area contributed by atoms with E-state index < -0.39 is 0 Å². The molecule has 1 N–H and O–H groups in total. The minimum absolute atomic E-state index is 0.150. The number of nitrogens with one attached hydrogen (secondary N) is 1. The first-order valence-corrected chi connectivity index (χ1v) is 8.29. The summed E-state index contributed by atoms with van der Waals surface area (Å²) in [6.07, 6.45) is 2.26. The topological polar surface area (TPSA) is 44.8 Å². The molecule has 2 saturated heterocycles. The zero-order chi connectivity index (χ0) is 15.0. The minimum atomic E-state index is 0.150. The van der Waals surface area contributed by atoms with E-state index in [4.69, 9.17) is 4.74 Å². The molecule has 5 heteroatoms. The maximum Gasteiger partial charge on any atom is 0.317 e. The lowest BCUT2D eigenvalue weighted by atomic mass is 10.1. The van der Waals surface area contributed by atoms with Gasteiger partial charge in [0.15, 0.2) is 0 Å². The van der Waals surface area contributed by atoms with Crippen LogP contribution >= 0.6 is 0 Å². The number of nitrogens with zero attached hydrogens (tertiary/aromatic N) is 2. The second-order valence-electron chi connectivity index (χ2n) is 7.52. The van der Waals surface area contributed by atoms with Gasteiger partial charge < -0.3 is 15.0 Å². The SMILES string of the molecule is COCCN1CCC[C@H](NC(=O)N2C[C@@H]3[C@@H](C2)C3(C)C)C1. The van der Waals surface area contributed by atoms with E-state index in [1.165, 1.54) is 0 Å². The molecule has 2 aliphatic heterocycles. The van der Waals surface area contributed by atoms with Crippen molar-refractivity contribution in [2.75, 3.05) is 46.4 Å². The van der Waals surface area contributed by atoms with Gasteiger partial charge in [0.2, 0.25) is 0 Å². The Hall–Kier alpha value is -0.810. The zero-order valence-electron chi connectivity index (χ0n) is 13.6. The fourth-order valence-corrected chi connectivity index (χ4v) is 4.16. The van der Waals surface area contributed by atoms with Gasteiger partial charge in [-0.05, 0) is 36.6 Å². The molecule has 120 valence electrons. The predicted molar refractivity (Wildman–Crippen MR) is 82.2 cm³/mol. The fourth-order valence-electron chi connectivity index (χ4n) is 4.16.